The Kier molecular flexibility index (Phi) is 5.37. The molecule has 1 heterocycles. The number of amides is 1. The Morgan fingerprint density at radius 2 is 1.76 bits per heavy atom. The van der Waals surface area contributed by atoms with Gasteiger partial charge in [0.1, 0.15) is 0 Å². The molecule has 29 heavy (non-hydrogen) atoms. The smallest absolute Gasteiger partial charge is 0.317 e. The summed E-state index contributed by atoms with van der Waals surface area (Å²) in [4.78, 5) is 25.7. The van der Waals surface area contributed by atoms with Gasteiger partial charge in [-0.05, 0) is 49.6 Å². The van der Waals surface area contributed by atoms with Gasteiger partial charge >= 0.3 is 5.97 Å². The summed E-state index contributed by atoms with van der Waals surface area (Å²) in [5.74, 6) is 0.431. The highest BCUT2D eigenvalue weighted by Gasteiger charge is 2.45. The largest absolute Gasteiger partial charge is 0.454 e. The second-order valence-electron chi connectivity index (χ2n) is 7.40. The number of hydrogen-bond acceptors (Lipinski definition) is 5. The molecule has 1 N–H and O–H groups in total. The molecule has 1 aliphatic heterocycles. The van der Waals surface area contributed by atoms with Crippen molar-refractivity contribution in [3.8, 4) is 11.5 Å². The number of fused-ring (bicyclic) bond motifs is 1. The van der Waals surface area contributed by atoms with E-state index < -0.39 is 17.4 Å². The first kappa shape index (κ1) is 19.6. The molecule has 1 aliphatic carbocycles. The van der Waals surface area contributed by atoms with Gasteiger partial charge in [0, 0.05) is 16.8 Å². The molecule has 152 valence electrons. The van der Waals surface area contributed by atoms with Crippen molar-refractivity contribution in [1.82, 2.24) is 0 Å². The van der Waals surface area contributed by atoms with E-state index in [0.717, 1.165) is 18.4 Å². The summed E-state index contributed by atoms with van der Waals surface area (Å²) in [5.41, 5.74) is 0.709. The van der Waals surface area contributed by atoms with Crippen LogP contribution in [0.2, 0.25) is 5.02 Å². The molecule has 0 spiro atoms. The van der Waals surface area contributed by atoms with Crippen LogP contribution < -0.4 is 14.8 Å². The van der Waals surface area contributed by atoms with E-state index in [1.165, 1.54) is 0 Å². The molecule has 4 rings (SSSR count). The Bertz CT molecular complexity index is 921. The van der Waals surface area contributed by atoms with Crippen LogP contribution in [0.15, 0.2) is 42.5 Å². The number of rotatable bonds is 5. The summed E-state index contributed by atoms with van der Waals surface area (Å²) in [6.07, 6.45) is 2.34. The van der Waals surface area contributed by atoms with E-state index in [2.05, 4.69) is 5.32 Å². The number of carbonyl (C=O) groups excluding carboxylic acids is 2. The van der Waals surface area contributed by atoms with E-state index in [9.17, 15) is 9.59 Å². The fourth-order valence-electron chi connectivity index (χ4n) is 3.90. The minimum absolute atomic E-state index is 0.160. The Balaban J connectivity index is 1.45. The van der Waals surface area contributed by atoms with Gasteiger partial charge in [0.25, 0.3) is 5.91 Å². The van der Waals surface area contributed by atoms with Gasteiger partial charge in [-0.25, -0.2) is 0 Å². The Hall–Kier alpha value is -2.73. The van der Waals surface area contributed by atoms with Crippen LogP contribution in [-0.4, -0.2) is 24.8 Å². The fraction of sp³-hybridized carbons (Fsp3) is 0.364. The summed E-state index contributed by atoms with van der Waals surface area (Å²) in [5, 5.41) is 3.38. The van der Waals surface area contributed by atoms with Gasteiger partial charge in [0.15, 0.2) is 17.6 Å². The predicted molar refractivity (Wildman–Crippen MR) is 108 cm³/mol. The van der Waals surface area contributed by atoms with Crippen molar-refractivity contribution < 1.29 is 23.8 Å². The molecule has 2 aromatic carbocycles. The summed E-state index contributed by atoms with van der Waals surface area (Å²) in [6, 6.07) is 12.4. The van der Waals surface area contributed by atoms with Crippen molar-refractivity contribution in [3.63, 3.8) is 0 Å². The first-order valence-corrected chi connectivity index (χ1v) is 10.0. The zero-order valence-corrected chi connectivity index (χ0v) is 16.8. The third-order valence-corrected chi connectivity index (χ3v) is 5.79. The summed E-state index contributed by atoms with van der Waals surface area (Å²) in [6.45, 7) is 1.73. The monoisotopic (exact) mass is 415 g/mol. The molecular formula is C22H22ClNO5. The second-order valence-corrected chi connectivity index (χ2v) is 7.84. The molecule has 0 bridgehead atoms. The van der Waals surface area contributed by atoms with Gasteiger partial charge in [-0.15, -0.1) is 0 Å². The van der Waals surface area contributed by atoms with Crippen LogP contribution in [0.3, 0.4) is 0 Å². The maximum Gasteiger partial charge on any atom is 0.317 e. The number of ether oxygens (including phenoxy) is 3. The average molecular weight is 416 g/mol. The molecule has 1 fully saturated rings. The van der Waals surface area contributed by atoms with Crippen LogP contribution in [0.25, 0.3) is 0 Å². The van der Waals surface area contributed by atoms with Crippen molar-refractivity contribution in [3.05, 3.63) is 53.1 Å². The summed E-state index contributed by atoms with van der Waals surface area (Å²) >= 11 is 6.00. The van der Waals surface area contributed by atoms with Crippen LogP contribution in [0.1, 0.15) is 38.2 Å². The number of anilines is 1. The highest BCUT2D eigenvalue weighted by atomic mass is 35.5. The van der Waals surface area contributed by atoms with Crippen LogP contribution in [-0.2, 0) is 19.7 Å². The SMILES string of the molecule is CC(OC(=O)C1(c2ccc(Cl)cc2)CCCC1)C(=O)Nc1ccc2c(c1)OCO2. The van der Waals surface area contributed by atoms with E-state index in [1.807, 2.05) is 12.1 Å². The molecular weight excluding hydrogens is 394 g/mol. The van der Waals surface area contributed by atoms with Crippen molar-refractivity contribution in [2.75, 3.05) is 12.1 Å². The molecule has 2 aliphatic rings. The van der Waals surface area contributed by atoms with Crippen LogP contribution in [0.5, 0.6) is 11.5 Å². The lowest BCUT2D eigenvalue weighted by molar-refractivity contribution is -0.159. The zero-order valence-electron chi connectivity index (χ0n) is 16.1. The van der Waals surface area contributed by atoms with Crippen molar-refractivity contribution in [1.29, 1.82) is 0 Å². The van der Waals surface area contributed by atoms with Crippen LogP contribution in [0, 0.1) is 0 Å². The van der Waals surface area contributed by atoms with E-state index in [-0.39, 0.29) is 12.8 Å². The van der Waals surface area contributed by atoms with Crippen molar-refractivity contribution >= 4 is 29.2 Å². The molecule has 1 saturated carbocycles. The van der Waals surface area contributed by atoms with Crippen molar-refractivity contribution in [2.45, 2.75) is 44.1 Å². The molecule has 1 amide bonds. The van der Waals surface area contributed by atoms with Gasteiger partial charge in [-0.3, -0.25) is 9.59 Å². The van der Waals surface area contributed by atoms with E-state index in [1.54, 1.807) is 37.3 Å². The molecule has 1 atom stereocenters. The lowest BCUT2D eigenvalue weighted by atomic mass is 9.79. The topological polar surface area (TPSA) is 73.9 Å². The van der Waals surface area contributed by atoms with E-state index in [0.29, 0.717) is 35.1 Å². The highest BCUT2D eigenvalue weighted by molar-refractivity contribution is 6.30. The molecule has 0 radical (unpaired) electrons. The van der Waals surface area contributed by atoms with E-state index in [4.69, 9.17) is 25.8 Å². The molecule has 0 saturated heterocycles. The lowest BCUT2D eigenvalue weighted by Crippen LogP contribution is -2.39. The Morgan fingerprint density at radius 3 is 2.48 bits per heavy atom. The van der Waals surface area contributed by atoms with Crippen LogP contribution in [0.4, 0.5) is 5.69 Å². The number of halogens is 1. The second kappa shape index (κ2) is 7.95. The third kappa shape index (κ3) is 3.90. The maximum absolute atomic E-state index is 13.1. The van der Waals surface area contributed by atoms with Gasteiger partial charge < -0.3 is 19.5 Å². The van der Waals surface area contributed by atoms with Gasteiger partial charge in [0.2, 0.25) is 6.79 Å². The normalized spacial score (nSPS) is 17.6. The number of nitrogens with one attached hydrogen (secondary N) is 1. The molecule has 6 nitrogen and oxygen atoms in total. The molecule has 0 aromatic heterocycles. The quantitative estimate of drug-likeness (QED) is 0.730. The standard InChI is InChI=1S/C22H22ClNO5/c1-14(20(25)24-17-8-9-18-19(12-17)28-13-27-18)29-21(26)22(10-2-3-11-22)15-4-6-16(23)7-5-15/h4-9,12,14H,2-3,10-11,13H2,1H3,(H,24,25). The third-order valence-electron chi connectivity index (χ3n) is 5.54. The fourth-order valence-corrected chi connectivity index (χ4v) is 4.03. The number of carbonyl (C=O) groups is 2. The van der Waals surface area contributed by atoms with E-state index >= 15 is 0 Å². The minimum Gasteiger partial charge on any atom is -0.454 e. The Labute approximate surface area is 174 Å². The first-order valence-electron chi connectivity index (χ1n) is 9.66. The lowest BCUT2D eigenvalue weighted by Gasteiger charge is -2.28. The summed E-state index contributed by atoms with van der Waals surface area (Å²) in [7, 11) is 0. The first-order chi connectivity index (χ1) is 14.0. The minimum atomic E-state index is -0.933. The number of esters is 1. The zero-order chi connectivity index (χ0) is 20.4. The molecule has 1 unspecified atom stereocenters. The number of benzene rings is 2. The van der Waals surface area contributed by atoms with Gasteiger partial charge in [-0.1, -0.05) is 36.6 Å². The molecule has 2 aromatic rings. The van der Waals surface area contributed by atoms with Gasteiger partial charge in [0.05, 0.1) is 5.41 Å². The summed E-state index contributed by atoms with van der Waals surface area (Å²) < 4.78 is 16.2. The number of hydrogen-bond donors (Lipinski definition) is 1. The van der Waals surface area contributed by atoms with Crippen LogP contribution >= 0.6 is 11.6 Å². The highest BCUT2D eigenvalue weighted by Crippen LogP contribution is 2.42. The van der Waals surface area contributed by atoms with Crippen molar-refractivity contribution in [2.24, 2.45) is 0 Å². The average Bonchev–Trinajstić information content (AvgIpc) is 3.38. The van der Waals surface area contributed by atoms with Gasteiger partial charge in [-0.2, -0.15) is 0 Å². The predicted octanol–water partition coefficient (Wildman–Crippen LogP) is 4.45. The Morgan fingerprint density at radius 1 is 1.07 bits per heavy atom. The molecule has 7 heteroatoms. The maximum atomic E-state index is 13.1.